The molecule has 2 saturated heterocycles. The fraction of sp³-hybridized carbons (Fsp3) is 0.478. The number of amides is 2. The van der Waals surface area contributed by atoms with E-state index in [0.717, 1.165) is 36.4 Å². The smallest absolute Gasteiger partial charge is 0.253 e. The van der Waals surface area contributed by atoms with Crippen LogP contribution in [0.4, 0.5) is 0 Å². The number of carbonyl (C=O) groups is 2. The maximum Gasteiger partial charge on any atom is 0.253 e. The number of carbonyl (C=O) groups excluding carboxylic acids is 2. The predicted molar refractivity (Wildman–Crippen MR) is 124 cm³/mol. The van der Waals surface area contributed by atoms with Crippen molar-refractivity contribution in [1.29, 1.82) is 0 Å². The lowest BCUT2D eigenvalue weighted by molar-refractivity contribution is -0.126. The second-order valence-electron chi connectivity index (χ2n) is 8.48. The summed E-state index contributed by atoms with van der Waals surface area (Å²) in [4.78, 5) is 28.2. The number of hydrogen-bond donors (Lipinski definition) is 1. The van der Waals surface area contributed by atoms with E-state index in [1.807, 2.05) is 36.1 Å². The molecule has 32 heavy (non-hydrogen) atoms. The normalized spacial score (nSPS) is 19.8. The van der Waals surface area contributed by atoms with Crippen molar-refractivity contribution >= 4 is 33.2 Å². The van der Waals surface area contributed by atoms with Crippen molar-refractivity contribution < 1.29 is 18.0 Å². The SMILES string of the molecule is Cc1ccc(S(=O)(=O)N2CCCC(C(=O)NCc3cccc(C(=O)N4CCCC4)c3)C2)s1. The van der Waals surface area contributed by atoms with Crippen LogP contribution in [0.15, 0.2) is 40.6 Å². The molecule has 2 aliphatic rings. The Morgan fingerprint density at radius 3 is 2.59 bits per heavy atom. The Labute approximate surface area is 193 Å². The van der Waals surface area contributed by atoms with E-state index in [1.165, 1.54) is 15.6 Å². The van der Waals surface area contributed by atoms with E-state index in [9.17, 15) is 18.0 Å². The zero-order valence-electron chi connectivity index (χ0n) is 18.2. The molecule has 7 nitrogen and oxygen atoms in total. The van der Waals surface area contributed by atoms with Gasteiger partial charge < -0.3 is 10.2 Å². The van der Waals surface area contributed by atoms with E-state index in [0.29, 0.717) is 35.7 Å². The summed E-state index contributed by atoms with van der Waals surface area (Å²) in [6.07, 6.45) is 3.40. The van der Waals surface area contributed by atoms with Gasteiger partial charge in [0.2, 0.25) is 5.91 Å². The molecule has 1 atom stereocenters. The number of piperidine rings is 1. The Bertz CT molecular complexity index is 1090. The zero-order valence-corrected chi connectivity index (χ0v) is 19.9. The van der Waals surface area contributed by atoms with Crippen molar-refractivity contribution in [1.82, 2.24) is 14.5 Å². The van der Waals surface area contributed by atoms with E-state index in [1.54, 1.807) is 12.1 Å². The molecule has 2 aromatic rings. The van der Waals surface area contributed by atoms with E-state index >= 15 is 0 Å². The molecule has 2 fully saturated rings. The van der Waals surface area contributed by atoms with Crippen LogP contribution in [0.1, 0.15) is 46.5 Å². The van der Waals surface area contributed by atoms with Gasteiger partial charge in [-0.1, -0.05) is 12.1 Å². The summed E-state index contributed by atoms with van der Waals surface area (Å²) in [5.74, 6) is -0.495. The number of thiophene rings is 1. The molecule has 1 aromatic carbocycles. The molecule has 3 heterocycles. The van der Waals surface area contributed by atoms with E-state index in [-0.39, 0.29) is 24.3 Å². The first kappa shape index (κ1) is 22.9. The number of hydrogen-bond acceptors (Lipinski definition) is 5. The first-order valence-electron chi connectivity index (χ1n) is 11.1. The summed E-state index contributed by atoms with van der Waals surface area (Å²) >= 11 is 1.26. The summed E-state index contributed by atoms with van der Waals surface area (Å²) in [7, 11) is -3.57. The molecule has 4 rings (SSSR count). The summed E-state index contributed by atoms with van der Waals surface area (Å²) in [5.41, 5.74) is 1.50. The van der Waals surface area contributed by atoms with Gasteiger partial charge in [-0.25, -0.2) is 8.42 Å². The minimum absolute atomic E-state index is 0.0348. The number of benzene rings is 1. The predicted octanol–water partition coefficient (Wildman–Crippen LogP) is 3.01. The van der Waals surface area contributed by atoms with Crippen LogP contribution in [0.5, 0.6) is 0 Å². The van der Waals surface area contributed by atoms with E-state index < -0.39 is 10.0 Å². The Balaban J connectivity index is 1.36. The van der Waals surface area contributed by atoms with Gasteiger partial charge in [-0.3, -0.25) is 9.59 Å². The lowest BCUT2D eigenvalue weighted by atomic mass is 9.98. The van der Waals surface area contributed by atoms with Gasteiger partial charge >= 0.3 is 0 Å². The first-order chi connectivity index (χ1) is 15.3. The number of likely N-dealkylation sites (tertiary alicyclic amines) is 1. The van der Waals surface area contributed by atoms with Gasteiger partial charge in [0.15, 0.2) is 0 Å². The Hall–Kier alpha value is -2.23. The maximum atomic E-state index is 12.9. The third kappa shape index (κ3) is 5.05. The fourth-order valence-electron chi connectivity index (χ4n) is 4.30. The molecule has 9 heteroatoms. The lowest BCUT2D eigenvalue weighted by Gasteiger charge is -2.30. The van der Waals surface area contributed by atoms with Gasteiger partial charge in [-0.05, 0) is 62.4 Å². The van der Waals surface area contributed by atoms with Crippen LogP contribution in [0.3, 0.4) is 0 Å². The molecule has 0 bridgehead atoms. The summed E-state index contributed by atoms with van der Waals surface area (Å²) in [6.45, 7) is 4.41. The molecule has 0 radical (unpaired) electrons. The maximum absolute atomic E-state index is 12.9. The van der Waals surface area contributed by atoms with Gasteiger partial charge in [0.25, 0.3) is 15.9 Å². The van der Waals surface area contributed by atoms with Gasteiger partial charge in [-0.15, -0.1) is 11.3 Å². The first-order valence-corrected chi connectivity index (χ1v) is 13.3. The van der Waals surface area contributed by atoms with Crippen molar-refractivity contribution in [3.63, 3.8) is 0 Å². The Morgan fingerprint density at radius 2 is 1.88 bits per heavy atom. The van der Waals surface area contributed by atoms with Crippen molar-refractivity contribution in [2.24, 2.45) is 5.92 Å². The lowest BCUT2D eigenvalue weighted by Crippen LogP contribution is -2.45. The number of nitrogens with one attached hydrogen (secondary N) is 1. The van der Waals surface area contributed by atoms with Crippen LogP contribution in [-0.2, 0) is 21.4 Å². The molecule has 0 spiro atoms. The molecule has 0 aliphatic carbocycles. The van der Waals surface area contributed by atoms with Crippen LogP contribution in [0.25, 0.3) is 0 Å². The molecule has 2 amide bonds. The van der Waals surface area contributed by atoms with Crippen molar-refractivity contribution in [3.8, 4) is 0 Å². The van der Waals surface area contributed by atoms with E-state index in [2.05, 4.69) is 5.32 Å². The van der Waals surface area contributed by atoms with Gasteiger partial charge in [0, 0.05) is 43.2 Å². The third-order valence-electron chi connectivity index (χ3n) is 6.10. The van der Waals surface area contributed by atoms with Crippen molar-refractivity contribution in [2.75, 3.05) is 26.2 Å². The number of sulfonamides is 1. The molecule has 0 saturated carbocycles. The highest BCUT2D eigenvalue weighted by Crippen LogP contribution is 2.28. The quantitative estimate of drug-likeness (QED) is 0.696. The van der Waals surface area contributed by atoms with Gasteiger partial charge in [0.05, 0.1) is 5.92 Å². The highest BCUT2D eigenvalue weighted by molar-refractivity contribution is 7.91. The second kappa shape index (κ2) is 9.72. The molecular formula is C23H29N3O4S2. The van der Waals surface area contributed by atoms with Crippen molar-refractivity contribution in [3.05, 3.63) is 52.4 Å². The largest absolute Gasteiger partial charge is 0.352 e. The minimum Gasteiger partial charge on any atom is -0.352 e. The summed E-state index contributed by atoms with van der Waals surface area (Å²) in [5, 5.41) is 2.94. The van der Waals surface area contributed by atoms with Crippen LogP contribution in [0, 0.1) is 12.8 Å². The average molecular weight is 476 g/mol. The van der Waals surface area contributed by atoms with Crippen LogP contribution in [0.2, 0.25) is 0 Å². The zero-order chi connectivity index (χ0) is 22.7. The van der Waals surface area contributed by atoms with Crippen molar-refractivity contribution in [2.45, 2.75) is 43.4 Å². The third-order valence-corrected chi connectivity index (χ3v) is 9.43. The summed E-state index contributed by atoms with van der Waals surface area (Å²) in [6, 6.07) is 10.8. The number of nitrogens with zero attached hydrogens (tertiary/aromatic N) is 2. The molecular weight excluding hydrogens is 446 g/mol. The standard InChI is InChI=1S/C23H29N3O4S2/c1-17-9-10-21(31-17)32(29,30)26-13-5-8-20(16-26)22(27)24-15-18-6-4-7-19(14-18)23(28)25-11-2-3-12-25/h4,6-7,9-10,14,20H,2-3,5,8,11-13,15-16H2,1H3,(H,24,27). The van der Waals surface area contributed by atoms with E-state index in [4.69, 9.17) is 0 Å². The van der Waals surface area contributed by atoms with Crippen LogP contribution in [-0.4, -0.2) is 55.6 Å². The average Bonchev–Trinajstić information content (AvgIpc) is 3.49. The molecule has 1 unspecified atom stereocenters. The Morgan fingerprint density at radius 1 is 1.09 bits per heavy atom. The molecule has 172 valence electrons. The molecule has 1 aromatic heterocycles. The second-order valence-corrected chi connectivity index (χ2v) is 11.9. The molecule has 1 N–H and O–H groups in total. The minimum atomic E-state index is -3.57. The van der Waals surface area contributed by atoms with Crippen LogP contribution >= 0.6 is 11.3 Å². The topological polar surface area (TPSA) is 86.8 Å². The van der Waals surface area contributed by atoms with Gasteiger partial charge in [0.1, 0.15) is 4.21 Å². The Kier molecular flexibility index (Phi) is 6.97. The fourth-order valence-corrected chi connectivity index (χ4v) is 7.26. The highest BCUT2D eigenvalue weighted by atomic mass is 32.2. The number of rotatable bonds is 6. The highest BCUT2D eigenvalue weighted by Gasteiger charge is 2.34. The monoisotopic (exact) mass is 475 g/mol. The van der Waals surface area contributed by atoms with Crippen LogP contribution < -0.4 is 5.32 Å². The molecule has 2 aliphatic heterocycles. The summed E-state index contributed by atoms with van der Waals surface area (Å²) < 4.78 is 27.6. The number of aryl methyl sites for hydroxylation is 1. The van der Waals surface area contributed by atoms with Gasteiger partial charge in [-0.2, -0.15) is 4.31 Å².